The van der Waals surface area contributed by atoms with E-state index in [4.69, 9.17) is 32.5 Å². The molecule has 1 aliphatic carbocycles. The fourth-order valence-corrected chi connectivity index (χ4v) is 7.13. The van der Waals surface area contributed by atoms with Crippen LogP contribution in [0.25, 0.3) is 22.4 Å². The van der Waals surface area contributed by atoms with E-state index in [9.17, 15) is 14.7 Å². The Labute approximate surface area is 264 Å². The van der Waals surface area contributed by atoms with Gasteiger partial charge in [0.15, 0.2) is 0 Å². The van der Waals surface area contributed by atoms with Gasteiger partial charge in [0.05, 0.1) is 28.3 Å². The lowest BCUT2D eigenvalue weighted by molar-refractivity contribution is -0.0158. The number of fused-ring (bicyclic) bond motifs is 2. The summed E-state index contributed by atoms with van der Waals surface area (Å²) in [7, 11) is 0. The van der Waals surface area contributed by atoms with Gasteiger partial charge >= 0.3 is 12.0 Å². The molecule has 2 aliphatic heterocycles. The van der Waals surface area contributed by atoms with E-state index in [0.29, 0.717) is 57.9 Å². The van der Waals surface area contributed by atoms with E-state index in [-0.39, 0.29) is 29.8 Å². The molecule has 3 aliphatic rings. The number of benzene rings is 2. The first-order valence-corrected chi connectivity index (χ1v) is 15.5. The van der Waals surface area contributed by atoms with Crippen LogP contribution in [-0.2, 0) is 11.3 Å². The third kappa shape index (κ3) is 5.67. The van der Waals surface area contributed by atoms with Crippen LogP contribution in [0.4, 0.5) is 10.5 Å². The van der Waals surface area contributed by atoms with E-state index in [1.54, 1.807) is 48.8 Å². The van der Waals surface area contributed by atoms with Crippen molar-refractivity contribution in [3.8, 4) is 22.4 Å². The number of piperidine rings is 1. The number of anilines is 1. The zero-order valence-electron chi connectivity index (χ0n) is 23.7. The Morgan fingerprint density at radius 2 is 1.75 bits per heavy atom. The van der Waals surface area contributed by atoms with Crippen LogP contribution in [0.1, 0.15) is 66.1 Å². The summed E-state index contributed by atoms with van der Waals surface area (Å²) < 4.78 is 12.3. The topological polar surface area (TPSA) is 118 Å². The van der Waals surface area contributed by atoms with Crippen molar-refractivity contribution in [1.82, 2.24) is 15.0 Å². The molecule has 2 bridgehead atoms. The van der Waals surface area contributed by atoms with Crippen molar-refractivity contribution in [3.05, 3.63) is 87.9 Å². The lowest BCUT2D eigenvalue weighted by Crippen LogP contribution is -2.50. The van der Waals surface area contributed by atoms with Gasteiger partial charge in [-0.25, -0.2) is 9.59 Å². The Morgan fingerprint density at radius 1 is 1.00 bits per heavy atom. The second kappa shape index (κ2) is 11.9. The maximum absolute atomic E-state index is 13.6. The molecule has 2 amide bonds. The molecule has 11 heteroatoms. The van der Waals surface area contributed by atoms with Crippen molar-refractivity contribution in [2.75, 3.05) is 5.32 Å². The number of halogens is 2. The average molecular weight is 634 g/mol. The van der Waals surface area contributed by atoms with Crippen LogP contribution >= 0.6 is 23.2 Å². The fourth-order valence-electron chi connectivity index (χ4n) is 6.56. The third-order valence-corrected chi connectivity index (χ3v) is 9.41. The van der Waals surface area contributed by atoms with E-state index in [2.05, 4.69) is 15.5 Å². The maximum atomic E-state index is 13.6. The maximum Gasteiger partial charge on any atom is 0.335 e. The second-order valence-corrected chi connectivity index (χ2v) is 12.5. The van der Waals surface area contributed by atoms with Gasteiger partial charge < -0.3 is 24.6 Å². The molecule has 2 aromatic heterocycles. The van der Waals surface area contributed by atoms with Gasteiger partial charge in [0.25, 0.3) is 0 Å². The zero-order valence-corrected chi connectivity index (χ0v) is 25.2. The lowest BCUT2D eigenvalue weighted by atomic mass is 9.99. The number of aromatic carboxylic acids is 1. The monoisotopic (exact) mass is 632 g/mol. The van der Waals surface area contributed by atoms with Gasteiger partial charge in [-0.1, -0.05) is 40.5 Å². The molecule has 4 heterocycles. The molecule has 2 atom stereocenters. The van der Waals surface area contributed by atoms with Gasteiger partial charge in [0.2, 0.25) is 0 Å². The van der Waals surface area contributed by atoms with Gasteiger partial charge in [-0.15, -0.1) is 0 Å². The zero-order chi connectivity index (χ0) is 30.4. The van der Waals surface area contributed by atoms with Gasteiger partial charge in [-0.2, -0.15) is 0 Å². The third-order valence-electron chi connectivity index (χ3n) is 8.78. The second-order valence-electron chi connectivity index (χ2n) is 11.7. The van der Waals surface area contributed by atoms with Crippen LogP contribution in [0.3, 0.4) is 0 Å². The van der Waals surface area contributed by atoms with Crippen LogP contribution < -0.4 is 5.32 Å². The summed E-state index contributed by atoms with van der Waals surface area (Å²) in [5.74, 6) is 0.100. The summed E-state index contributed by atoms with van der Waals surface area (Å²) in [6.07, 6.45) is 8.55. The Bertz CT molecular complexity index is 1690. The van der Waals surface area contributed by atoms with E-state index < -0.39 is 5.97 Å². The van der Waals surface area contributed by atoms with Crippen molar-refractivity contribution >= 4 is 40.9 Å². The molecule has 9 nitrogen and oxygen atoms in total. The Kier molecular flexibility index (Phi) is 7.78. The largest absolute Gasteiger partial charge is 0.478 e. The van der Waals surface area contributed by atoms with E-state index in [1.165, 1.54) is 6.07 Å². The molecule has 4 aromatic rings. The number of aromatic nitrogens is 2. The number of pyridine rings is 1. The molecule has 226 valence electrons. The Balaban J connectivity index is 1.05. The van der Waals surface area contributed by atoms with Crippen molar-refractivity contribution < 1.29 is 24.0 Å². The number of nitrogens with zero attached hydrogens (tertiary/aromatic N) is 3. The molecule has 7 rings (SSSR count). The van der Waals surface area contributed by atoms with Gasteiger partial charge in [0.1, 0.15) is 11.5 Å². The van der Waals surface area contributed by atoms with Crippen molar-refractivity contribution in [3.63, 3.8) is 0 Å². The van der Waals surface area contributed by atoms with Crippen LogP contribution in [0.2, 0.25) is 10.0 Å². The highest BCUT2D eigenvalue weighted by atomic mass is 35.5. The van der Waals surface area contributed by atoms with E-state index in [1.807, 2.05) is 11.0 Å². The molecule has 0 radical (unpaired) electrons. The predicted molar refractivity (Wildman–Crippen MR) is 166 cm³/mol. The minimum Gasteiger partial charge on any atom is -0.478 e. The highest BCUT2D eigenvalue weighted by Crippen LogP contribution is 2.46. The molecule has 1 saturated carbocycles. The lowest BCUT2D eigenvalue weighted by Gasteiger charge is -2.38. The number of hydrogen-bond acceptors (Lipinski definition) is 6. The van der Waals surface area contributed by atoms with Crippen LogP contribution in [0, 0.1) is 0 Å². The molecule has 3 fully saturated rings. The SMILES string of the molecule is O=C(O)c1cc(NC(=O)N2C3CCC2CC(OCc2c(-c4c(Cl)cccc4Cl)noc2C2CC2)C3)cc(-c2cccnc2)c1. The van der Waals surface area contributed by atoms with Crippen LogP contribution in [0.15, 0.2) is 65.4 Å². The molecular formula is C33H30Cl2N4O5. The fraction of sp³-hybridized carbons (Fsp3) is 0.333. The molecule has 2 unspecified atom stereocenters. The Morgan fingerprint density at radius 3 is 2.41 bits per heavy atom. The van der Waals surface area contributed by atoms with Crippen molar-refractivity contribution in [1.29, 1.82) is 0 Å². The summed E-state index contributed by atoms with van der Waals surface area (Å²) >= 11 is 13.0. The molecule has 2 aromatic carbocycles. The number of rotatable bonds is 8. The summed E-state index contributed by atoms with van der Waals surface area (Å²) in [5.41, 5.74) is 4.11. The number of amides is 2. The standard InChI is InChI=1S/C33H30Cl2N4O5/c34-27-4-1-5-28(35)29(27)30-26(31(44-38-30)18-6-7-18)17-43-25-14-23-8-9-24(15-25)39(23)33(42)37-22-12-20(11-21(13-22)32(40)41)19-3-2-10-36-16-19/h1-5,10-13,16,18,23-25H,6-9,14-15,17H2,(H,37,42)(H,40,41). The molecular weight excluding hydrogens is 603 g/mol. The van der Waals surface area contributed by atoms with Crippen LogP contribution in [-0.4, -0.2) is 50.3 Å². The number of ether oxygens (including phenoxy) is 1. The van der Waals surface area contributed by atoms with Crippen LogP contribution in [0.5, 0.6) is 0 Å². The average Bonchev–Trinajstić information content (AvgIpc) is 3.72. The molecule has 2 N–H and O–H groups in total. The van der Waals surface area contributed by atoms with Gasteiger partial charge in [-0.05, 0) is 80.5 Å². The molecule has 0 spiro atoms. The number of carboxylic acid groups (broad SMARTS) is 1. The Hall–Kier alpha value is -3.92. The molecule has 2 saturated heterocycles. The minimum absolute atomic E-state index is 0.0158. The van der Waals surface area contributed by atoms with E-state index >= 15 is 0 Å². The number of nitrogens with one attached hydrogen (secondary N) is 1. The van der Waals surface area contributed by atoms with Gasteiger partial charge in [-0.3, -0.25) is 4.98 Å². The minimum atomic E-state index is -1.07. The first-order valence-electron chi connectivity index (χ1n) is 14.8. The smallest absolute Gasteiger partial charge is 0.335 e. The summed E-state index contributed by atoms with van der Waals surface area (Å²) in [5, 5.41) is 18.0. The normalized spacial score (nSPS) is 21.0. The summed E-state index contributed by atoms with van der Waals surface area (Å²) in [6, 6.07) is 13.6. The number of carbonyl (C=O) groups excluding carboxylic acids is 1. The van der Waals surface area contributed by atoms with Crippen molar-refractivity contribution in [2.45, 2.75) is 69.2 Å². The number of hydrogen-bond donors (Lipinski definition) is 2. The first-order chi connectivity index (χ1) is 21.4. The molecule has 44 heavy (non-hydrogen) atoms. The number of carboxylic acids is 1. The van der Waals surface area contributed by atoms with Crippen molar-refractivity contribution in [2.24, 2.45) is 0 Å². The first kappa shape index (κ1) is 28.8. The highest BCUT2D eigenvalue weighted by Gasteiger charge is 2.44. The van der Waals surface area contributed by atoms with E-state index in [0.717, 1.165) is 42.6 Å². The van der Waals surface area contributed by atoms with Gasteiger partial charge in [0, 0.05) is 52.8 Å². The predicted octanol–water partition coefficient (Wildman–Crippen LogP) is 8.03. The highest BCUT2D eigenvalue weighted by molar-refractivity contribution is 6.39. The summed E-state index contributed by atoms with van der Waals surface area (Å²) in [6.45, 7) is 0.321. The number of urea groups is 1. The summed E-state index contributed by atoms with van der Waals surface area (Å²) in [4.78, 5) is 31.4. The number of carbonyl (C=O) groups is 2. The quantitative estimate of drug-likeness (QED) is 0.202.